The van der Waals surface area contributed by atoms with E-state index in [1.165, 1.54) is 0 Å². The molecule has 3 rings (SSSR count). The Labute approximate surface area is 172 Å². The van der Waals surface area contributed by atoms with Crippen molar-refractivity contribution in [2.24, 2.45) is 0 Å². The number of rotatable bonds is 6. The summed E-state index contributed by atoms with van der Waals surface area (Å²) in [5.41, 5.74) is 3.00. The highest BCUT2D eigenvalue weighted by Crippen LogP contribution is 2.41. The van der Waals surface area contributed by atoms with Crippen molar-refractivity contribution < 1.29 is 19.0 Å². The third-order valence-electron chi connectivity index (χ3n) is 5.22. The minimum absolute atomic E-state index is 0.0598. The predicted octanol–water partition coefficient (Wildman–Crippen LogP) is 3.63. The number of para-hydroxylation sites is 1. The number of methoxy groups -OCH3 is 3. The molecule has 0 unspecified atom stereocenters. The van der Waals surface area contributed by atoms with E-state index in [-0.39, 0.29) is 6.03 Å². The Morgan fingerprint density at radius 3 is 2.14 bits per heavy atom. The number of ether oxygens (including phenoxy) is 3. The van der Waals surface area contributed by atoms with Gasteiger partial charge in [0.15, 0.2) is 11.5 Å². The number of nitrogens with one attached hydrogen (secondary N) is 1. The molecule has 0 spiro atoms. The molecule has 1 fully saturated rings. The Balaban J connectivity index is 1.66. The number of piperazine rings is 1. The quantitative estimate of drug-likeness (QED) is 0.804. The lowest BCUT2D eigenvalue weighted by Gasteiger charge is -2.36. The molecule has 7 heteroatoms. The molecule has 29 heavy (non-hydrogen) atoms. The molecule has 0 radical (unpaired) electrons. The van der Waals surface area contributed by atoms with Gasteiger partial charge in [0, 0.05) is 49.7 Å². The van der Waals surface area contributed by atoms with Gasteiger partial charge in [-0.15, -0.1) is 0 Å². The van der Waals surface area contributed by atoms with Crippen LogP contribution in [0.1, 0.15) is 12.5 Å². The van der Waals surface area contributed by atoms with E-state index in [9.17, 15) is 4.79 Å². The third-order valence-corrected chi connectivity index (χ3v) is 5.22. The molecular weight excluding hydrogens is 370 g/mol. The molecule has 0 bridgehead atoms. The minimum atomic E-state index is -0.0598. The van der Waals surface area contributed by atoms with Crippen LogP contribution in [0, 0.1) is 0 Å². The van der Waals surface area contributed by atoms with Gasteiger partial charge in [-0.05, 0) is 18.1 Å². The molecule has 2 amide bonds. The van der Waals surface area contributed by atoms with E-state index in [1.807, 2.05) is 41.3 Å². The molecule has 0 saturated carbocycles. The van der Waals surface area contributed by atoms with Gasteiger partial charge in [0.05, 0.1) is 21.3 Å². The first-order chi connectivity index (χ1) is 14.1. The number of carbonyl (C=O) groups is 1. The zero-order valence-corrected chi connectivity index (χ0v) is 17.5. The number of carbonyl (C=O) groups excluding carboxylic acids is 1. The summed E-state index contributed by atoms with van der Waals surface area (Å²) in [5.74, 6) is 1.82. The normalized spacial score (nSPS) is 13.8. The number of hydrogen-bond donors (Lipinski definition) is 1. The zero-order chi connectivity index (χ0) is 20.8. The summed E-state index contributed by atoms with van der Waals surface area (Å²) in [4.78, 5) is 16.8. The minimum Gasteiger partial charge on any atom is -0.493 e. The number of nitrogens with zero attached hydrogens (tertiary/aromatic N) is 2. The average molecular weight is 399 g/mol. The van der Waals surface area contributed by atoms with Crippen molar-refractivity contribution in [3.05, 3.63) is 42.0 Å². The van der Waals surface area contributed by atoms with Crippen molar-refractivity contribution in [3.63, 3.8) is 0 Å². The highest BCUT2D eigenvalue weighted by molar-refractivity contribution is 5.90. The highest BCUT2D eigenvalue weighted by Gasteiger charge is 2.24. The lowest BCUT2D eigenvalue weighted by molar-refractivity contribution is 0.208. The van der Waals surface area contributed by atoms with E-state index in [0.29, 0.717) is 30.3 Å². The third kappa shape index (κ3) is 4.50. The topological polar surface area (TPSA) is 63.3 Å². The summed E-state index contributed by atoms with van der Waals surface area (Å²) in [6.07, 6.45) is 0.880. The van der Waals surface area contributed by atoms with Crippen LogP contribution in [0.15, 0.2) is 36.4 Å². The Bertz CT molecular complexity index is 823. The second kappa shape index (κ2) is 9.41. The molecule has 156 valence electrons. The maximum absolute atomic E-state index is 12.7. The van der Waals surface area contributed by atoms with Crippen molar-refractivity contribution in [3.8, 4) is 17.2 Å². The van der Waals surface area contributed by atoms with Gasteiger partial charge >= 0.3 is 6.03 Å². The zero-order valence-electron chi connectivity index (χ0n) is 17.5. The summed E-state index contributed by atoms with van der Waals surface area (Å²) in [7, 11) is 4.81. The smallest absolute Gasteiger partial charge is 0.321 e. The summed E-state index contributed by atoms with van der Waals surface area (Å²) in [5, 5.41) is 3.05. The van der Waals surface area contributed by atoms with Crippen LogP contribution in [-0.2, 0) is 6.42 Å². The molecule has 1 heterocycles. The second-order valence-corrected chi connectivity index (χ2v) is 6.80. The number of amides is 2. The van der Waals surface area contributed by atoms with Gasteiger partial charge in [-0.25, -0.2) is 4.79 Å². The molecule has 1 saturated heterocycles. The van der Waals surface area contributed by atoms with E-state index < -0.39 is 0 Å². The van der Waals surface area contributed by atoms with Gasteiger partial charge < -0.3 is 29.3 Å². The molecular formula is C22H29N3O4. The van der Waals surface area contributed by atoms with E-state index in [4.69, 9.17) is 14.2 Å². The van der Waals surface area contributed by atoms with Gasteiger partial charge in [-0.3, -0.25) is 0 Å². The van der Waals surface area contributed by atoms with Gasteiger partial charge in [0.2, 0.25) is 5.75 Å². The van der Waals surface area contributed by atoms with Crippen LogP contribution in [0.5, 0.6) is 17.2 Å². The Morgan fingerprint density at radius 2 is 1.59 bits per heavy atom. The monoisotopic (exact) mass is 399 g/mol. The highest BCUT2D eigenvalue weighted by atomic mass is 16.5. The lowest BCUT2D eigenvalue weighted by Crippen LogP contribution is -2.50. The van der Waals surface area contributed by atoms with Crippen LogP contribution in [0.3, 0.4) is 0 Å². The van der Waals surface area contributed by atoms with Crippen molar-refractivity contribution in [1.82, 2.24) is 4.90 Å². The molecule has 1 N–H and O–H groups in total. The Morgan fingerprint density at radius 1 is 0.966 bits per heavy atom. The Hall–Kier alpha value is -3.09. The number of aryl methyl sites for hydroxylation is 1. The summed E-state index contributed by atoms with van der Waals surface area (Å²) in [6, 6.07) is 11.7. The molecule has 0 atom stereocenters. The van der Waals surface area contributed by atoms with E-state index in [2.05, 4.69) is 17.1 Å². The first kappa shape index (κ1) is 20.6. The van der Waals surface area contributed by atoms with E-state index in [0.717, 1.165) is 36.4 Å². The largest absolute Gasteiger partial charge is 0.493 e. The van der Waals surface area contributed by atoms with E-state index in [1.54, 1.807) is 21.3 Å². The van der Waals surface area contributed by atoms with Crippen molar-refractivity contribution in [1.29, 1.82) is 0 Å². The molecule has 1 aliphatic heterocycles. The maximum atomic E-state index is 12.7. The Kier molecular flexibility index (Phi) is 6.69. The van der Waals surface area contributed by atoms with Crippen molar-refractivity contribution in [2.75, 3.05) is 57.7 Å². The molecule has 7 nitrogen and oxygen atoms in total. The molecule has 2 aromatic rings. The van der Waals surface area contributed by atoms with Crippen LogP contribution < -0.4 is 24.4 Å². The summed E-state index contributed by atoms with van der Waals surface area (Å²) >= 11 is 0. The fraction of sp³-hybridized carbons (Fsp3) is 0.409. The van der Waals surface area contributed by atoms with Crippen LogP contribution in [0.4, 0.5) is 16.2 Å². The molecule has 1 aliphatic rings. The van der Waals surface area contributed by atoms with Gasteiger partial charge in [0.1, 0.15) is 0 Å². The van der Waals surface area contributed by atoms with Crippen LogP contribution >= 0.6 is 0 Å². The van der Waals surface area contributed by atoms with Crippen LogP contribution in [0.25, 0.3) is 0 Å². The fourth-order valence-electron chi connectivity index (χ4n) is 3.56. The SMILES string of the molecule is CCc1ccccc1NC(=O)N1CCN(c2cc(OC)c(OC)c(OC)c2)CC1. The predicted molar refractivity (Wildman–Crippen MR) is 115 cm³/mol. The first-order valence-electron chi connectivity index (χ1n) is 9.80. The molecule has 0 aliphatic carbocycles. The van der Waals surface area contributed by atoms with Gasteiger partial charge in [0.25, 0.3) is 0 Å². The maximum Gasteiger partial charge on any atom is 0.321 e. The summed E-state index contributed by atoms with van der Waals surface area (Å²) < 4.78 is 16.3. The number of urea groups is 1. The lowest BCUT2D eigenvalue weighted by atomic mass is 10.1. The fourth-order valence-corrected chi connectivity index (χ4v) is 3.56. The molecule has 0 aromatic heterocycles. The number of benzene rings is 2. The first-order valence-corrected chi connectivity index (χ1v) is 9.80. The van der Waals surface area contributed by atoms with Crippen molar-refractivity contribution in [2.45, 2.75) is 13.3 Å². The van der Waals surface area contributed by atoms with E-state index >= 15 is 0 Å². The summed E-state index contributed by atoms with van der Waals surface area (Å²) in [6.45, 7) is 4.80. The number of hydrogen-bond acceptors (Lipinski definition) is 5. The second-order valence-electron chi connectivity index (χ2n) is 6.80. The van der Waals surface area contributed by atoms with Crippen LogP contribution in [0.2, 0.25) is 0 Å². The van der Waals surface area contributed by atoms with Crippen molar-refractivity contribution >= 4 is 17.4 Å². The average Bonchev–Trinajstić information content (AvgIpc) is 2.78. The van der Waals surface area contributed by atoms with Gasteiger partial charge in [-0.1, -0.05) is 25.1 Å². The standard InChI is InChI=1S/C22H29N3O4/c1-5-16-8-6-7-9-18(16)23-22(26)25-12-10-24(11-13-25)17-14-19(27-2)21(29-4)20(15-17)28-3/h6-9,14-15H,5,10-13H2,1-4H3,(H,23,26). The number of anilines is 2. The van der Waals surface area contributed by atoms with Crippen LogP contribution in [-0.4, -0.2) is 58.4 Å². The molecule has 2 aromatic carbocycles. The van der Waals surface area contributed by atoms with Gasteiger partial charge in [-0.2, -0.15) is 0 Å².